The van der Waals surface area contributed by atoms with Gasteiger partial charge in [0.15, 0.2) is 0 Å². The Kier molecular flexibility index (Phi) is 5.23. The summed E-state index contributed by atoms with van der Waals surface area (Å²) in [6.45, 7) is 6.68. The number of hydrogen-bond acceptors (Lipinski definition) is 3. The molecule has 5 rings (SSSR count). The fourth-order valence-electron chi connectivity index (χ4n) is 7.52. The molecule has 3 saturated carbocycles. The molecule has 4 aliphatic carbocycles. The molecule has 1 aromatic rings. The highest BCUT2D eigenvalue weighted by molar-refractivity contribution is 9.10. The number of carbonyl (C=O) groups is 2. The van der Waals surface area contributed by atoms with Gasteiger partial charge in [0.05, 0.1) is 5.56 Å². The highest BCUT2D eigenvalue weighted by Crippen LogP contribution is 2.64. The average Bonchev–Trinajstić information content (AvgIpc) is 3.05. The van der Waals surface area contributed by atoms with E-state index in [4.69, 9.17) is 4.74 Å². The van der Waals surface area contributed by atoms with E-state index in [0.717, 1.165) is 61.4 Å². The average molecular weight is 485 g/mol. The summed E-state index contributed by atoms with van der Waals surface area (Å²) < 4.78 is 6.82. The number of fused-ring (bicyclic) bond motifs is 5. The molecule has 3 nitrogen and oxygen atoms in total. The largest absolute Gasteiger partial charge is 0.458 e. The van der Waals surface area contributed by atoms with Crippen LogP contribution in [-0.4, -0.2) is 17.9 Å². The Bertz CT molecular complexity index is 965. The van der Waals surface area contributed by atoms with E-state index < -0.39 is 0 Å². The summed E-state index contributed by atoms with van der Waals surface area (Å²) in [5, 5.41) is 0. The number of ketones is 1. The standard InChI is InChI=1S/C27H33BrO3/c1-16-5-4-6-20(24(16)28)25(30)31-18-11-13-26(2)17(15-18)7-8-19-21-9-10-23(29)27(21,3)14-12-22(19)26/h4-7,18-19,21-22H,8-15H2,1-3H3/t18-,19-,21-,22-,26-,27-/m0/s1. The second kappa shape index (κ2) is 7.57. The predicted octanol–water partition coefficient (Wildman–Crippen LogP) is 6.81. The molecule has 0 amide bonds. The van der Waals surface area contributed by atoms with E-state index in [-0.39, 0.29) is 22.9 Å². The summed E-state index contributed by atoms with van der Waals surface area (Å²) in [7, 11) is 0. The molecular formula is C27H33BrO3. The quantitative estimate of drug-likeness (QED) is 0.341. The van der Waals surface area contributed by atoms with Crippen LogP contribution >= 0.6 is 15.9 Å². The van der Waals surface area contributed by atoms with E-state index in [0.29, 0.717) is 29.1 Å². The molecule has 4 aliphatic rings. The van der Waals surface area contributed by atoms with E-state index in [1.54, 1.807) is 0 Å². The Morgan fingerprint density at radius 3 is 2.65 bits per heavy atom. The minimum Gasteiger partial charge on any atom is -0.458 e. The van der Waals surface area contributed by atoms with Gasteiger partial charge >= 0.3 is 5.97 Å². The van der Waals surface area contributed by atoms with E-state index in [9.17, 15) is 9.59 Å². The summed E-state index contributed by atoms with van der Waals surface area (Å²) in [5.41, 5.74) is 3.28. The lowest BCUT2D eigenvalue weighted by Gasteiger charge is -2.56. The lowest BCUT2D eigenvalue weighted by Crippen LogP contribution is -2.50. The first-order chi connectivity index (χ1) is 14.7. The topological polar surface area (TPSA) is 43.4 Å². The number of Topliss-reactive ketones (excluding diaryl/α,β-unsaturated/α-hetero) is 1. The second-order valence-electron chi connectivity index (χ2n) is 10.9. The summed E-state index contributed by atoms with van der Waals surface area (Å²) >= 11 is 3.54. The van der Waals surface area contributed by atoms with Gasteiger partial charge in [-0.25, -0.2) is 4.79 Å². The molecule has 1 aromatic carbocycles. The van der Waals surface area contributed by atoms with E-state index >= 15 is 0 Å². The summed E-state index contributed by atoms with van der Waals surface area (Å²) in [6, 6.07) is 5.73. The van der Waals surface area contributed by atoms with Gasteiger partial charge in [-0.3, -0.25) is 4.79 Å². The predicted molar refractivity (Wildman–Crippen MR) is 125 cm³/mol. The third kappa shape index (κ3) is 3.27. The molecule has 0 radical (unpaired) electrons. The van der Waals surface area contributed by atoms with Crippen molar-refractivity contribution in [2.24, 2.45) is 28.6 Å². The zero-order chi connectivity index (χ0) is 22.0. The minimum absolute atomic E-state index is 0.0438. The van der Waals surface area contributed by atoms with E-state index in [2.05, 4.69) is 35.9 Å². The molecule has 3 fully saturated rings. The molecule has 0 saturated heterocycles. The number of esters is 1. The Labute approximate surface area is 194 Å². The van der Waals surface area contributed by atoms with Crippen molar-refractivity contribution in [1.29, 1.82) is 0 Å². The SMILES string of the molecule is Cc1cccc(C(=O)O[C@H]2CC[C@@]3(C)C(=CC[C@@H]4[C@@H]3CC[C@]3(C)C(=O)CC[C@@H]43)C2)c1Br. The van der Waals surface area contributed by atoms with Crippen LogP contribution in [0.2, 0.25) is 0 Å². The van der Waals surface area contributed by atoms with Crippen LogP contribution < -0.4 is 0 Å². The molecule has 0 aromatic heterocycles. The van der Waals surface area contributed by atoms with Crippen LogP contribution in [0, 0.1) is 35.5 Å². The highest BCUT2D eigenvalue weighted by Gasteiger charge is 2.58. The van der Waals surface area contributed by atoms with Gasteiger partial charge in [0.2, 0.25) is 0 Å². The van der Waals surface area contributed by atoms with Crippen LogP contribution in [0.1, 0.15) is 81.1 Å². The number of aryl methyl sites for hydroxylation is 1. The first kappa shape index (κ1) is 21.4. The third-order valence-electron chi connectivity index (χ3n) is 9.45. The summed E-state index contributed by atoms with van der Waals surface area (Å²) in [4.78, 5) is 25.4. The zero-order valence-electron chi connectivity index (χ0n) is 18.9. The monoisotopic (exact) mass is 484 g/mol. The Morgan fingerprint density at radius 1 is 1.10 bits per heavy atom. The number of hydrogen-bond donors (Lipinski definition) is 0. The van der Waals surface area contributed by atoms with Crippen molar-refractivity contribution in [2.75, 3.05) is 0 Å². The molecule has 0 bridgehead atoms. The number of allylic oxidation sites excluding steroid dienone is 1. The molecule has 31 heavy (non-hydrogen) atoms. The molecule has 0 spiro atoms. The maximum atomic E-state index is 12.8. The highest BCUT2D eigenvalue weighted by atomic mass is 79.9. The summed E-state index contributed by atoms with van der Waals surface area (Å²) in [5.74, 6) is 2.15. The number of benzene rings is 1. The first-order valence-electron chi connectivity index (χ1n) is 11.9. The van der Waals surface area contributed by atoms with Gasteiger partial charge < -0.3 is 4.74 Å². The van der Waals surface area contributed by atoms with Crippen molar-refractivity contribution < 1.29 is 14.3 Å². The fourth-order valence-corrected chi connectivity index (χ4v) is 7.95. The van der Waals surface area contributed by atoms with Gasteiger partial charge in [-0.15, -0.1) is 0 Å². The van der Waals surface area contributed by atoms with Crippen molar-refractivity contribution >= 4 is 27.7 Å². The number of rotatable bonds is 2. The second-order valence-corrected chi connectivity index (χ2v) is 11.7. The van der Waals surface area contributed by atoms with E-state index in [1.165, 1.54) is 5.57 Å². The number of halogens is 1. The zero-order valence-corrected chi connectivity index (χ0v) is 20.5. The van der Waals surface area contributed by atoms with Crippen LogP contribution in [0.3, 0.4) is 0 Å². The maximum Gasteiger partial charge on any atom is 0.339 e. The first-order valence-corrected chi connectivity index (χ1v) is 12.7. The Balaban J connectivity index is 1.33. The van der Waals surface area contributed by atoms with Gasteiger partial charge in [0, 0.05) is 22.7 Å². The normalized spacial score (nSPS) is 39.2. The van der Waals surface area contributed by atoms with Gasteiger partial charge in [-0.1, -0.05) is 37.6 Å². The van der Waals surface area contributed by atoms with Crippen molar-refractivity contribution in [1.82, 2.24) is 0 Å². The Morgan fingerprint density at radius 2 is 1.84 bits per heavy atom. The molecular weight excluding hydrogens is 452 g/mol. The molecule has 0 heterocycles. The number of ether oxygens (including phenoxy) is 1. The van der Waals surface area contributed by atoms with Gasteiger partial charge in [0.1, 0.15) is 11.9 Å². The van der Waals surface area contributed by atoms with Crippen molar-refractivity contribution in [3.05, 3.63) is 45.4 Å². The molecule has 166 valence electrons. The molecule has 0 N–H and O–H groups in total. The van der Waals surface area contributed by atoms with Gasteiger partial charge in [0.25, 0.3) is 0 Å². The Hall–Kier alpha value is -1.42. The van der Waals surface area contributed by atoms with E-state index in [1.807, 2.05) is 25.1 Å². The molecule has 6 atom stereocenters. The lowest BCUT2D eigenvalue weighted by molar-refractivity contribution is -0.132. The third-order valence-corrected chi connectivity index (χ3v) is 10.5. The van der Waals surface area contributed by atoms with Crippen LogP contribution in [0.25, 0.3) is 0 Å². The molecule has 0 aliphatic heterocycles. The van der Waals surface area contributed by atoms with Crippen molar-refractivity contribution in [3.8, 4) is 0 Å². The molecule has 4 heteroatoms. The minimum atomic E-state index is -0.226. The van der Waals surface area contributed by atoms with Crippen LogP contribution in [0.5, 0.6) is 0 Å². The maximum absolute atomic E-state index is 12.8. The van der Waals surface area contributed by atoms with Crippen LogP contribution in [-0.2, 0) is 9.53 Å². The lowest BCUT2D eigenvalue weighted by atomic mass is 9.48. The molecule has 0 unspecified atom stereocenters. The summed E-state index contributed by atoms with van der Waals surface area (Å²) in [6.07, 6.45) is 10.4. The van der Waals surface area contributed by atoms with Crippen LogP contribution in [0.4, 0.5) is 0 Å². The number of carbonyl (C=O) groups excluding carboxylic acids is 2. The van der Waals surface area contributed by atoms with Gasteiger partial charge in [-0.05, 0) is 96.2 Å². The smallest absolute Gasteiger partial charge is 0.339 e. The van der Waals surface area contributed by atoms with Gasteiger partial charge in [-0.2, -0.15) is 0 Å². The van der Waals surface area contributed by atoms with Crippen LogP contribution in [0.15, 0.2) is 34.3 Å². The van der Waals surface area contributed by atoms with Crippen molar-refractivity contribution in [2.45, 2.75) is 78.2 Å². The van der Waals surface area contributed by atoms with Crippen molar-refractivity contribution in [3.63, 3.8) is 0 Å². The fraction of sp³-hybridized carbons (Fsp3) is 0.630.